The number of benzene rings is 5. The van der Waals surface area contributed by atoms with Crippen LogP contribution in [0.1, 0.15) is 27.6 Å². The van der Waals surface area contributed by atoms with E-state index in [0.29, 0.717) is 51.2 Å². The zero-order chi connectivity index (χ0) is 44.0. The predicted molar refractivity (Wildman–Crippen MR) is 242 cm³/mol. The van der Waals surface area contributed by atoms with Gasteiger partial charge in [0.2, 0.25) is 0 Å². The van der Waals surface area contributed by atoms with Crippen LogP contribution in [0.5, 0.6) is 0 Å². The molecule has 19 heteroatoms. The average Bonchev–Trinajstić information content (AvgIpc) is 3.25. The van der Waals surface area contributed by atoms with Crippen LogP contribution >= 0.6 is 19.3 Å². The van der Waals surface area contributed by atoms with Gasteiger partial charge in [-0.1, -0.05) is 24.3 Å². The fraction of sp³-hybridized carbons (Fsp3) is 0.214. The van der Waals surface area contributed by atoms with Crippen molar-refractivity contribution >= 4 is 86.2 Å². The number of carbonyl (C=O) groups excluding carboxylic acids is 3. The Labute approximate surface area is 358 Å². The topological polar surface area (TPSA) is 234 Å². The summed E-state index contributed by atoms with van der Waals surface area (Å²) in [5.74, 6) is 0.269. The van der Waals surface area contributed by atoms with E-state index in [1.807, 2.05) is 43.3 Å². The van der Waals surface area contributed by atoms with Gasteiger partial charge in [0.05, 0.1) is 30.6 Å². The standard InChI is InChI=1S/C42H47N8O8PS2/c1-4-58-59(54,49-33-17-13-29(14-18-33)41(52)45-24-23-44-37-9-5-8-36-35(37)7-6-10-40(36)61(55,56)57)25-26-60-28-38(39(51)27-43)46-42(53)30-11-15-31(16-12-30)47-48-32-19-21-34(22-20-32)50(2)3/h5-22,25-26,38,44H,4,23-24,27-28,43H2,1-3H3,(H,45,52)(H,46,53)(H,49,54)(H,55,56,57)/b26-25-,48-47?. The highest BCUT2D eigenvalue weighted by Gasteiger charge is 2.22. The lowest BCUT2D eigenvalue weighted by Gasteiger charge is -2.18. The van der Waals surface area contributed by atoms with Crippen LogP contribution in [-0.4, -0.2) is 82.7 Å². The van der Waals surface area contributed by atoms with Crippen LogP contribution < -0.4 is 31.7 Å². The van der Waals surface area contributed by atoms with Crippen LogP contribution in [0.4, 0.5) is 28.4 Å². The number of anilines is 3. The summed E-state index contributed by atoms with van der Waals surface area (Å²) < 4.78 is 52.4. The van der Waals surface area contributed by atoms with Gasteiger partial charge in [0.15, 0.2) is 5.78 Å². The number of carbonyl (C=O) groups is 3. The molecular weight excluding hydrogens is 840 g/mol. The van der Waals surface area contributed by atoms with Gasteiger partial charge in [-0.15, -0.1) is 11.8 Å². The summed E-state index contributed by atoms with van der Waals surface area (Å²) in [6.45, 7) is 2.10. The Bertz CT molecular complexity index is 2540. The first kappa shape index (κ1) is 46.2. The van der Waals surface area contributed by atoms with Gasteiger partial charge in [-0.25, -0.2) is 0 Å². The van der Waals surface area contributed by atoms with Gasteiger partial charge in [0, 0.05) is 77.7 Å². The van der Waals surface area contributed by atoms with Crippen molar-refractivity contribution in [2.45, 2.75) is 17.9 Å². The maximum Gasteiger partial charge on any atom is 0.317 e. The van der Waals surface area contributed by atoms with E-state index in [2.05, 4.69) is 31.3 Å². The van der Waals surface area contributed by atoms with Crippen molar-refractivity contribution < 1.29 is 36.4 Å². The van der Waals surface area contributed by atoms with Crippen molar-refractivity contribution in [3.05, 3.63) is 132 Å². The number of fused-ring (bicyclic) bond motifs is 1. The molecule has 7 N–H and O–H groups in total. The summed E-state index contributed by atoms with van der Waals surface area (Å²) >= 11 is 1.14. The van der Waals surface area contributed by atoms with Gasteiger partial charge in [-0.3, -0.25) is 23.5 Å². The Morgan fingerprint density at radius 3 is 2.08 bits per heavy atom. The number of nitrogens with one attached hydrogen (secondary N) is 4. The molecule has 5 aromatic rings. The van der Waals surface area contributed by atoms with Crippen molar-refractivity contribution in [1.82, 2.24) is 10.6 Å². The van der Waals surface area contributed by atoms with Crippen molar-refractivity contribution in [3.63, 3.8) is 0 Å². The summed E-state index contributed by atoms with van der Waals surface area (Å²) in [7, 11) is -4.09. The molecule has 0 bridgehead atoms. The molecule has 0 heterocycles. The lowest BCUT2D eigenvalue weighted by Crippen LogP contribution is -2.45. The van der Waals surface area contributed by atoms with Crippen LogP contribution in [0.25, 0.3) is 10.8 Å². The molecule has 61 heavy (non-hydrogen) atoms. The number of Topliss-reactive ketones (excluding diaryl/α,β-unsaturated/α-hetero) is 1. The fourth-order valence-corrected chi connectivity index (χ4v) is 9.18. The Kier molecular flexibility index (Phi) is 16.3. The summed E-state index contributed by atoms with van der Waals surface area (Å²) in [5.41, 5.74) is 9.64. The third-order valence-corrected chi connectivity index (χ3v) is 12.6. The van der Waals surface area contributed by atoms with Crippen LogP contribution in [0, 0.1) is 0 Å². The normalized spacial score (nSPS) is 13.1. The minimum Gasteiger partial charge on any atom is -0.383 e. The largest absolute Gasteiger partial charge is 0.383 e. The van der Waals surface area contributed by atoms with Gasteiger partial charge < -0.3 is 36.2 Å². The Balaban J connectivity index is 1.10. The van der Waals surface area contributed by atoms with Crippen LogP contribution in [0.3, 0.4) is 0 Å². The highest BCUT2D eigenvalue weighted by atomic mass is 32.2. The number of amides is 2. The van der Waals surface area contributed by atoms with Gasteiger partial charge in [0.1, 0.15) is 4.90 Å². The number of thioether (sulfide) groups is 1. The SMILES string of the molecule is CCOP(=O)(/C=C\SCC(NC(=O)c1ccc(N=Nc2ccc(N(C)C)cc2)cc1)C(=O)CN)Nc1ccc(C(=O)NCCNc2cccc3c(S(=O)(=O)O)cccc23)cc1. The van der Waals surface area contributed by atoms with Gasteiger partial charge in [0.25, 0.3) is 21.9 Å². The number of azo groups is 1. The minimum atomic E-state index is -4.41. The highest BCUT2D eigenvalue weighted by Crippen LogP contribution is 2.48. The quantitative estimate of drug-likeness (QED) is 0.0181. The van der Waals surface area contributed by atoms with Crippen LogP contribution in [0.2, 0.25) is 0 Å². The molecule has 0 saturated heterocycles. The van der Waals surface area contributed by atoms with E-state index in [-0.39, 0.29) is 42.0 Å². The van der Waals surface area contributed by atoms with Gasteiger partial charge in [-0.05, 0) is 97.3 Å². The van der Waals surface area contributed by atoms with Crippen LogP contribution in [0.15, 0.2) is 136 Å². The molecule has 0 aliphatic carbocycles. The lowest BCUT2D eigenvalue weighted by molar-refractivity contribution is -0.119. The van der Waals surface area contributed by atoms with Crippen molar-refractivity contribution in [3.8, 4) is 0 Å². The first-order chi connectivity index (χ1) is 29.2. The first-order valence-electron chi connectivity index (χ1n) is 19.0. The summed E-state index contributed by atoms with van der Waals surface area (Å²) in [6, 6.07) is 29.1. The van der Waals surface area contributed by atoms with Crippen LogP contribution in [-0.2, 0) is 24.0 Å². The van der Waals surface area contributed by atoms with E-state index in [9.17, 15) is 31.9 Å². The number of hydrogen-bond donors (Lipinski definition) is 6. The van der Waals surface area contributed by atoms with E-state index < -0.39 is 29.6 Å². The van der Waals surface area contributed by atoms with Gasteiger partial charge in [-0.2, -0.15) is 18.6 Å². The third-order valence-electron chi connectivity index (χ3n) is 8.93. The Morgan fingerprint density at radius 1 is 0.852 bits per heavy atom. The van der Waals surface area contributed by atoms with Crippen molar-refractivity contribution in [2.24, 2.45) is 16.0 Å². The maximum atomic E-state index is 13.7. The molecule has 2 amide bonds. The number of rotatable bonds is 21. The molecule has 5 aromatic carbocycles. The monoisotopic (exact) mass is 886 g/mol. The summed E-state index contributed by atoms with van der Waals surface area (Å²) in [6.07, 6.45) is 0. The van der Waals surface area contributed by atoms with Crippen molar-refractivity contribution in [2.75, 3.05) is 61.4 Å². The summed E-state index contributed by atoms with van der Waals surface area (Å²) in [4.78, 5) is 40.4. The van der Waals surface area contributed by atoms with E-state index in [0.717, 1.165) is 17.4 Å². The average molecular weight is 887 g/mol. The second-order valence-corrected chi connectivity index (χ2v) is 17.8. The second kappa shape index (κ2) is 21.6. The van der Waals surface area contributed by atoms with E-state index in [1.54, 1.807) is 79.7 Å². The number of hydrogen-bond acceptors (Lipinski definition) is 13. The molecule has 0 fully saturated rings. The zero-order valence-corrected chi connectivity index (χ0v) is 36.2. The molecule has 0 spiro atoms. The molecule has 0 aliphatic heterocycles. The zero-order valence-electron chi connectivity index (χ0n) is 33.6. The molecule has 5 rings (SSSR count). The Hall–Kier alpha value is -5.88. The highest BCUT2D eigenvalue weighted by molar-refractivity contribution is 8.02. The molecule has 0 radical (unpaired) electrons. The number of nitrogens with zero attached hydrogens (tertiary/aromatic N) is 3. The minimum absolute atomic E-state index is 0.111. The molecule has 0 aromatic heterocycles. The van der Waals surface area contributed by atoms with Crippen molar-refractivity contribution in [1.29, 1.82) is 0 Å². The predicted octanol–water partition coefficient (Wildman–Crippen LogP) is 7.58. The lowest BCUT2D eigenvalue weighted by atomic mass is 10.1. The molecule has 0 aliphatic rings. The Morgan fingerprint density at radius 2 is 1.46 bits per heavy atom. The van der Waals surface area contributed by atoms with E-state index >= 15 is 0 Å². The maximum absolute atomic E-state index is 13.7. The number of nitrogens with two attached hydrogens (primary N) is 1. The fourth-order valence-electron chi connectivity index (χ4n) is 5.80. The van der Waals surface area contributed by atoms with E-state index in [4.69, 9.17) is 10.3 Å². The molecular formula is C42H47N8O8PS2. The number of ketones is 1. The molecule has 320 valence electrons. The molecule has 2 unspecified atom stereocenters. The van der Waals surface area contributed by atoms with E-state index in [1.165, 1.54) is 23.4 Å². The third kappa shape index (κ3) is 13.3. The summed E-state index contributed by atoms with van der Waals surface area (Å²) in [5, 5.41) is 22.6. The second-order valence-electron chi connectivity index (χ2n) is 13.5. The van der Waals surface area contributed by atoms with Gasteiger partial charge >= 0.3 is 7.52 Å². The first-order valence-corrected chi connectivity index (χ1v) is 23.1. The molecule has 16 nitrogen and oxygen atoms in total. The molecule has 2 atom stereocenters. The smallest absolute Gasteiger partial charge is 0.317 e. The molecule has 0 saturated carbocycles.